The Morgan fingerprint density at radius 3 is 1.59 bits per heavy atom. The SMILES string of the molecule is c1ccc(-c2ccc(-n3c4ccccc4c4nc5c6ncccc6n(-c6ccc(-c7ccccc7)cn6)c5cc43)nc2)cc1. The van der Waals surface area contributed by atoms with E-state index >= 15 is 0 Å². The number of aromatic nitrogens is 6. The molecule has 0 N–H and O–H groups in total. The van der Waals surface area contributed by atoms with Gasteiger partial charge in [0.05, 0.1) is 27.6 Å². The van der Waals surface area contributed by atoms with Crippen molar-refractivity contribution in [2.24, 2.45) is 0 Å². The second kappa shape index (κ2) is 9.71. The molecule has 0 unspecified atom stereocenters. The van der Waals surface area contributed by atoms with Gasteiger partial charge in [0.15, 0.2) is 0 Å². The average Bonchev–Trinajstić information content (AvgIpc) is 3.60. The molecule has 0 amide bonds. The number of pyridine rings is 4. The highest BCUT2D eigenvalue weighted by Gasteiger charge is 2.21. The molecule has 0 saturated carbocycles. The maximum atomic E-state index is 5.30. The second-order valence-electron chi connectivity index (χ2n) is 10.8. The molecule has 6 aromatic heterocycles. The molecule has 0 spiro atoms. The van der Waals surface area contributed by atoms with Crippen LogP contribution in [0.4, 0.5) is 0 Å². The molecule has 44 heavy (non-hydrogen) atoms. The summed E-state index contributed by atoms with van der Waals surface area (Å²) < 4.78 is 4.36. The molecule has 0 saturated heterocycles. The van der Waals surface area contributed by atoms with Crippen molar-refractivity contribution < 1.29 is 0 Å². The van der Waals surface area contributed by atoms with Crippen LogP contribution in [0.2, 0.25) is 0 Å². The van der Waals surface area contributed by atoms with Crippen LogP contribution in [0.25, 0.3) is 77.9 Å². The first-order valence-corrected chi connectivity index (χ1v) is 14.6. The summed E-state index contributed by atoms with van der Waals surface area (Å²) in [4.78, 5) is 19.9. The van der Waals surface area contributed by atoms with E-state index in [-0.39, 0.29) is 0 Å². The Hall–Kier alpha value is -6.14. The lowest BCUT2D eigenvalue weighted by Crippen LogP contribution is -1.99. The normalized spacial score (nSPS) is 11.6. The highest BCUT2D eigenvalue weighted by Crippen LogP contribution is 2.36. The number of para-hydroxylation sites is 1. The molecule has 6 nitrogen and oxygen atoms in total. The lowest BCUT2D eigenvalue weighted by atomic mass is 10.1. The zero-order valence-electron chi connectivity index (χ0n) is 23.5. The van der Waals surface area contributed by atoms with Crippen LogP contribution < -0.4 is 0 Å². The van der Waals surface area contributed by atoms with E-state index in [1.54, 1.807) is 0 Å². The molecule has 9 rings (SSSR count). The lowest BCUT2D eigenvalue weighted by Gasteiger charge is -2.10. The van der Waals surface area contributed by atoms with E-state index in [1.807, 2.05) is 61.1 Å². The minimum atomic E-state index is 0.812. The number of nitrogens with zero attached hydrogens (tertiary/aromatic N) is 6. The van der Waals surface area contributed by atoms with Gasteiger partial charge in [-0.15, -0.1) is 0 Å². The molecule has 0 aliphatic carbocycles. The molecule has 206 valence electrons. The molecule has 0 aliphatic rings. The third-order valence-electron chi connectivity index (χ3n) is 8.28. The predicted molar refractivity (Wildman–Crippen MR) is 177 cm³/mol. The number of hydrogen-bond donors (Lipinski definition) is 0. The molecule has 6 heteroatoms. The van der Waals surface area contributed by atoms with Crippen molar-refractivity contribution >= 4 is 44.0 Å². The summed E-state index contributed by atoms with van der Waals surface area (Å²) in [5.41, 5.74) is 11.0. The highest BCUT2D eigenvalue weighted by atomic mass is 15.1. The molecule has 0 atom stereocenters. The molecule has 6 heterocycles. The smallest absolute Gasteiger partial charge is 0.137 e. The molecule has 3 aromatic carbocycles. The van der Waals surface area contributed by atoms with Crippen molar-refractivity contribution in [3.63, 3.8) is 0 Å². The van der Waals surface area contributed by atoms with Crippen molar-refractivity contribution in [1.29, 1.82) is 0 Å². The van der Waals surface area contributed by atoms with Crippen molar-refractivity contribution in [2.75, 3.05) is 0 Å². The van der Waals surface area contributed by atoms with Crippen LogP contribution in [0.5, 0.6) is 0 Å². The molecular formula is C38H24N6. The summed E-state index contributed by atoms with van der Waals surface area (Å²) in [6, 6.07) is 43.7. The van der Waals surface area contributed by atoms with E-state index in [9.17, 15) is 0 Å². The minimum absolute atomic E-state index is 0.812. The Morgan fingerprint density at radius 1 is 0.386 bits per heavy atom. The Labute approximate surface area is 252 Å². The first kappa shape index (κ1) is 24.5. The summed E-state index contributed by atoms with van der Waals surface area (Å²) in [5.74, 6) is 1.65. The summed E-state index contributed by atoms with van der Waals surface area (Å²) >= 11 is 0. The third kappa shape index (κ3) is 3.75. The molecule has 0 bridgehead atoms. The Bertz CT molecular complexity index is 2290. The van der Waals surface area contributed by atoms with E-state index in [1.165, 1.54) is 0 Å². The summed E-state index contributed by atoms with van der Waals surface area (Å²) in [5, 5.41) is 1.07. The zero-order valence-corrected chi connectivity index (χ0v) is 23.5. The van der Waals surface area contributed by atoms with Crippen molar-refractivity contribution in [3.05, 3.63) is 146 Å². The van der Waals surface area contributed by atoms with Gasteiger partial charge in [-0.05, 0) is 59.7 Å². The first-order chi connectivity index (χ1) is 21.8. The van der Waals surface area contributed by atoms with Gasteiger partial charge >= 0.3 is 0 Å². The zero-order chi connectivity index (χ0) is 29.0. The topological polar surface area (TPSA) is 61.4 Å². The quantitative estimate of drug-likeness (QED) is 0.214. The summed E-state index contributed by atoms with van der Waals surface area (Å²) in [6.45, 7) is 0. The molecular weight excluding hydrogens is 540 g/mol. The van der Waals surface area contributed by atoms with Crippen LogP contribution in [-0.2, 0) is 0 Å². The molecule has 9 aromatic rings. The Morgan fingerprint density at radius 2 is 0.955 bits per heavy atom. The van der Waals surface area contributed by atoms with Gasteiger partial charge in [-0.1, -0.05) is 78.9 Å². The van der Waals surface area contributed by atoms with Crippen LogP contribution in [-0.4, -0.2) is 29.1 Å². The molecule has 0 aliphatic heterocycles. The average molecular weight is 565 g/mol. The van der Waals surface area contributed by atoms with Crippen molar-refractivity contribution in [2.45, 2.75) is 0 Å². The standard InChI is InChI=1S/C38H24N6/c1-3-10-25(11-4-1)27-17-19-34(40-23-27)43-30-15-8-7-14-29(30)36-32(43)22-33-38(42-36)37-31(16-9-21-39-37)44(33)35-20-18-28(24-41-35)26-12-5-2-6-13-26/h1-24H. The van der Waals surface area contributed by atoms with E-state index < -0.39 is 0 Å². The molecule has 0 fully saturated rings. The van der Waals surface area contributed by atoms with Gasteiger partial charge in [-0.3, -0.25) is 14.1 Å². The Balaban J connectivity index is 1.29. The largest absolute Gasteiger partial charge is 0.292 e. The van der Waals surface area contributed by atoms with Gasteiger partial charge in [-0.25, -0.2) is 15.0 Å². The first-order valence-electron chi connectivity index (χ1n) is 14.6. The number of rotatable bonds is 4. The monoisotopic (exact) mass is 564 g/mol. The maximum Gasteiger partial charge on any atom is 0.137 e. The van der Waals surface area contributed by atoms with E-state index in [4.69, 9.17) is 19.9 Å². The fraction of sp³-hybridized carbons (Fsp3) is 0. The van der Waals surface area contributed by atoms with Crippen LogP contribution in [0.3, 0.4) is 0 Å². The van der Waals surface area contributed by atoms with Gasteiger partial charge in [0.25, 0.3) is 0 Å². The van der Waals surface area contributed by atoms with Crippen LogP contribution in [0.1, 0.15) is 0 Å². The third-order valence-corrected chi connectivity index (χ3v) is 8.28. The minimum Gasteiger partial charge on any atom is -0.292 e. The van der Waals surface area contributed by atoms with Crippen molar-refractivity contribution in [1.82, 2.24) is 29.1 Å². The fourth-order valence-electron chi connectivity index (χ4n) is 6.23. The van der Waals surface area contributed by atoms with Gasteiger partial charge < -0.3 is 0 Å². The predicted octanol–water partition coefficient (Wildman–Crippen LogP) is 8.79. The number of hydrogen-bond acceptors (Lipinski definition) is 4. The van der Waals surface area contributed by atoms with Crippen molar-refractivity contribution in [3.8, 4) is 33.9 Å². The highest BCUT2D eigenvalue weighted by molar-refractivity contribution is 6.14. The van der Waals surface area contributed by atoms with E-state index in [2.05, 4.69) is 94.1 Å². The van der Waals surface area contributed by atoms with E-state index in [0.717, 1.165) is 77.9 Å². The molecule has 0 radical (unpaired) electrons. The number of fused-ring (bicyclic) bond motifs is 6. The van der Waals surface area contributed by atoms with Gasteiger partial charge in [-0.2, -0.15) is 0 Å². The van der Waals surface area contributed by atoms with E-state index in [0.29, 0.717) is 0 Å². The fourth-order valence-corrected chi connectivity index (χ4v) is 6.23. The van der Waals surface area contributed by atoms with Gasteiger partial charge in [0.2, 0.25) is 0 Å². The van der Waals surface area contributed by atoms with Crippen LogP contribution >= 0.6 is 0 Å². The Kier molecular flexibility index (Phi) is 5.40. The second-order valence-corrected chi connectivity index (χ2v) is 10.8. The lowest BCUT2D eigenvalue weighted by molar-refractivity contribution is 1.07. The van der Waals surface area contributed by atoms with Crippen LogP contribution in [0, 0.1) is 0 Å². The van der Waals surface area contributed by atoms with Crippen LogP contribution in [0.15, 0.2) is 146 Å². The summed E-state index contributed by atoms with van der Waals surface area (Å²) in [6.07, 6.45) is 5.70. The van der Waals surface area contributed by atoms with Gasteiger partial charge in [0, 0.05) is 35.1 Å². The maximum absolute atomic E-state index is 5.30. The summed E-state index contributed by atoms with van der Waals surface area (Å²) in [7, 11) is 0. The van der Waals surface area contributed by atoms with Gasteiger partial charge in [0.1, 0.15) is 22.7 Å². The number of benzene rings is 3.